The van der Waals surface area contributed by atoms with E-state index >= 15 is 0 Å². The average molecular weight is 413 g/mol. The zero-order chi connectivity index (χ0) is 21.4. The number of carbonyl (C=O) groups excluding carboxylic acids is 1. The molecule has 9 nitrogen and oxygen atoms in total. The lowest BCUT2D eigenvalue weighted by atomic mass is 10.1. The van der Waals surface area contributed by atoms with Crippen LogP contribution in [-0.4, -0.2) is 59.6 Å². The Labute approximate surface area is 174 Å². The van der Waals surface area contributed by atoms with Gasteiger partial charge < -0.3 is 15.4 Å². The summed E-state index contributed by atoms with van der Waals surface area (Å²) in [6, 6.07) is 7.86. The number of nitrogens with zero attached hydrogens (tertiary/aromatic N) is 3. The molecule has 2 heterocycles. The van der Waals surface area contributed by atoms with Crippen LogP contribution in [0.2, 0.25) is 0 Å². The van der Waals surface area contributed by atoms with Crippen LogP contribution in [0.3, 0.4) is 0 Å². The van der Waals surface area contributed by atoms with E-state index in [1.165, 1.54) is 4.57 Å². The zero-order valence-electron chi connectivity index (χ0n) is 17.3. The van der Waals surface area contributed by atoms with Gasteiger partial charge >= 0.3 is 5.69 Å². The van der Waals surface area contributed by atoms with E-state index in [-0.39, 0.29) is 30.1 Å². The number of aromatic nitrogens is 2. The van der Waals surface area contributed by atoms with E-state index in [0.29, 0.717) is 13.1 Å². The van der Waals surface area contributed by atoms with Gasteiger partial charge in [-0.05, 0) is 38.9 Å². The lowest BCUT2D eigenvalue weighted by Crippen LogP contribution is -2.47. The summed E-state index contributed by atoms with van der Waals surface area (Å²) >= 11 is 0. The fraction of sp³-hybridized carbons (Fsp3) is 0.476. The fourth-order valence-electron chi connectivity index (χ4n) is 4.04. The molecule has 4 rings (SSSR count). The van der Waals surface area contributed by atoms with Gasteiger partial charge in [0.15, 0.2) is 5.78 Å². The molecule has 1 saturated carbocycles. The van der Waals surface area contributed by atoms with Crippen LogP contribution in [-0.2, 0) is 0 Å². The third kappa shape index (κ3) is 3.85. The molecule has 1 aromatic heterocycles. The number of nitrogen functional groups attached to an aromatic ring is 1. The SMILES string of the molecule is CCN1C[C@@H](CN(C)CC(=O)c2c(N)n(C3CC3)c(=O)[nH]c2=O)Oc2ccccc21. The Hall–Kier alpha value is -3.07. The van der Waals surface area contributed by atoms with Crippen molar-refractivity contribution in [2.75, 3.05) is 43.9 Å². The first-order chi connectivity index (χ1) is 14.4. The van der Waals surface area contributed by atoms with Gasteiger partial charge in [-0.15, -0.1) is 0 Å². The van der Waals surface area contributed by atoms with Crippen LogP contribution in [0.1, 0.15) is 36.2 Å². The Morgan fingerprint density at radius 2 is 2.03 bits per heavy atom. The van der Waals surface area contributed by atoms with Crippen molar-refractivity contribution < 1.29 is 9.53 Å². The number of aromatic amines is 1. The molecule has 0 amide bonds. The molecule has 3 N–H and O–H groups in total. The second kappa shape index (κ2) is 7.98. The molecule has 0 radical (unpaired) electrons. The van der Waals surface area contributed by atoms with Crippen molar-refractivity contribution in [2.24, 2.45) is 0 Å². The highest BCUT2D eigenvalue weighted by atomic mass is 16.5. The molecule has 30 heavy (non-hydrogen) atoms. The van der Waals surface area contributed by atoms with Crippen LogP contribution in [0, 0.1) is 0 Å². The van der Waals surface area contributed by atoms with Crippen molar-refractivity contribution in [3.8, 4) is 5.75 Å². The van der Waals surface area contributed by atoms with Gasteiger partial charge in [-0.25, -0.2) is 4.79 Å². The van der Waals surface area contributed by atoms with Gasteiger partial charge in [0.2, 0.25) is 0 Å². The highest BCUT2D eigenvalue weighted by Crippen LogP contribution is 2.35. The minimum absolute atomic E-state index is 0.00375. The molecule has 1 aliphatic heterocycles. The number of benzene rings is 1. The van der Waals surface area contributed by atoms with Gasteiger partial charge in [0, 0.05) is 19.1 Å². The lowest BCUT2D eigenvalue weighted by molar-refractivity contribution is 0.0902. The maximum absolute atomic E-state index is 12.9. The number of anilines is 2. The number of hydrogen-bond acceptors (Lipinski definition) is 7. The van der Waals surface area contributed by atoms with Gasteiger partial charge in [0.05, 0.1) is 18.8 Å². The van der Waals surface area contributed by atoms with Crippen LogP contribution in [0.4, 0.5) is 11.5 Å². The van der Waals surface area contributed by atoms with E-state index in [1.807, 2.05) is 29.2 Å². The van der Waals surface area contributed by atoms with Crippen LogP contribution < -0.4 is 26.6 Å². The van der Waals surface area contributed by atoms with Gasteiger partial charge in [-0.2, -0.15) is 0 Å². The molecule has 160 valence electrons. The van der Waals surface area contributed by atoms with E-state index in [0.717, 1.165) is 30.8 Å². The highest BCUT2D eigenvalue weighted by Gasteiger charge is 2.31. The maximum Gasteiger partial charge on any atom is 0.330 e. The summed E-state index contributed by atoms with van der Waals surface area (Å²) < 4.78 is 7.44. The Morgan fingerprint density at radius 3 is 2.73 bits per heavy atom. The molecule has 2 aromatic rings. The summed E-state index contributed by atoms with van der Waals surface area (Å²) in [6.07, 6.45) is 1.52. The number of carbonyl (C=O) groups is 1. The minimum atomic E-state index is -0.729. The lowest BCUT2D eigenvalue weighted by Gasteiger charge is -2.37. The van der Waals surface area contributed by atoms with Gasteiger partial charge in [-0.1, -0.05) is 12.1 Å². The summed E-state index contributed by atoms with van der Waals surface area (Å²) in [6.45, 7) is 4.17. The summed E-state index contributed by atoms with van der Waals surface area (Å²) in [5.41, 5.74) is 5.69. The zero-order valence-corrected chi connectivity index (χ0v) is 17.3. The average Bonchev–Trinajstić information content (AvgIpc) is 3.51. The third-order valence-electron chi connectivity index (χ3n) is 5.61. The predicted octanol–water partition coefficient (Wildman–Crippen LogP) is 0.856. The van der Waals surface area contributed by atoms with Crippen molar-refractivity contribution in [3.63, 3.8) is 0 Å². The second-order valence-corrected chi connectivity index (χ2v) is 7.99. The monoisotopic (exact) mass is 413 g/mol. The van der Waals surface area contributed by atoms with Crippen molar-refractivity contribution >= 4 is 17.3 Å². The molecule has 0 bridgehead atoms. The van der Waals surface area contributed by atoms with Crippen LogP contribution >= 0.6 is 0 Å². The maximum atomic E-state index is 12.9. The van der Waals surface area contributed by atoms with Gasteiger partial charge in [0.1, 0.15) is 23.2 Å². The number of para-hydroxylation sites is 2. The van der Waals surface area contributed by atoms with Crippen molar-refractivity contribution in [2.45, 2.75) is 31.9 Å². The number of likely N-dealkylation sites (N-methyl/N-ethyl adjacent to an activating group) is 2. The first kappa shape index (κ1) is 20.2. The van der Waals surface area contributed by atoms with E-state index in [1.54, 1.807) is 7.05 Å². The molecule has 1 atom stereocenters. The summed E-state index contributed by atoms with van der Waals surface area (Å²) in [5, 5.41) is 0. The number of nitrogens with one attached hydrogen (secondary N) is 1. The Morgan fingerprint density at radius 1 is 1.30 bits per heavy atom. The van der Waals surface area contributed by atoms with E-state index in [2.05, 4.69) is 16.8 Å². The van der Waals surface area contributed by atoms with E-state index < -0.39 is 17.0 Å². The van der Waals surface area contributed by atoms with Crippen molar-refractivity contribution in [1.29, 1.82) is 0 Å². The predicted molar refractivity (Wildman–Crippen MR) is 115 cm³/mol. The highest BCUT2D eigenvalue weighted by molar-refractivity contribution is 6.01. The number of ketones is 1. The van der Waals surface area contributed by atoms with E-state index in [9.17, 15) is 14.4 Å². The summed E-state index contributed by atoms with van der Waals surface area (Å²) in [4.78, 5) is 43.5. The molecule has 9 heteroatoms. The molecular weight excluding hydrogens is 386 g/mol. The number of fused-ring (bicyclic) bond motifs is 1. The summed E-state index contributed by atoms with van der Waals surface area (Å²) in [7, 11) is 1.80. The van der Waals surface area contributed by atoms with Crippen LogP contribution in [0.5, 0.6) is 5.75 Å². The topological polar surface area (TPSA) is 114 Å². The number of Topliss-reactive ketones (excluding diaryl/α,β-unsaturated/α-hetero) is 1. The van der Waals surface area contributed by atoms with Crippen molar-refractivity contribution in [1.82, 2.24) is 14.5 Å². The normalized spacial score (nSPS) is 18.2. The molecule has 0 unspecified atom stereocenters. The van der Waals surface area contributed by atoms with Gasteiger partial charge in [-0.3, -0.25) is 24.0 Å². The number of H-pyrrole nitrogens is 1. The molecule has 0 saturated heterocycles. The Kier molecular flexibility index (Phi) is 5.38. The van der Waals surface area contributed by atoms with Crippen LogP contribution in [0.25, 0.3) is 0 Å². The first-order valence-electron chi connectivity index (χ1n) is 10.3. The standard InChI is InChI=1S/C21H27N5O4/c1-3-25-11-14(30-17-7-5-4-6-15(17)25)10-24(2)12-16(27)18-19(22)26(13-8-9-13)21(29)23-20(18)28/h4-7,13-14H,3,8-12,22H2,1-2H3,(H,23,28,29)/t14-/m1/s1. The molecule has 1 aromatic carbocycles. The number of ether oxygens (including phenoxy) is 1. The number of nitrogens with two attached hydrogens (primary N) is 1. The second-order valence-electron chi connectivity index (χ2n) is 7.99. The summed E-state index contributed by atoms with van der Waals surface area (Å²) in [5.74, 6) is 0.381. The molecule has 2 aliphatic rings. The van der Waals surface area contributed by atoms with E-state index in [4.69, 9.17) is 10.5 Å². The minimum Gasteiger partial charge on any atom is -0.485 e. The van der Waals surface area contributed by atoms with Crippen LogP contribution in [0.15, 0.2) is 33.9 Å². The first-order valence-corrected chi connectivity index (χ1v) is 10.3. The molecule has 1 fully saturated rings. The number of hydrogen-bond donors (Lipinski definition) is 2. The molecular formula is C21H27N5O4. The Balaban J connectivity index is 1.47. The smallest absolute Gasteiger partial charge is 0.330 e. The van der Waals surface area contributed by atoms with Gasteiger partial charge in [0.25, 0.3) is 5.56 Å². The largest absolute Gasteiger partial charge is 0.485 e. The molecule has 1 aliphatic carbocycles. The number of rotatable bonds is 7. The van der Waals surface area contributed by atoms with Crippen molar-refractivity contribution in [3.05, 3.63) is 50.7 Å². The quantitative estimate of drug-likeness (QED) is 0.647. The fourth-order valence-corrected chi connectivity index (χ4v) is 4.04. The third-order valence-corrected chi connectivity index (χ3v) is 5.61. The Bertz CT molecular complexity index is 1070. The molecule has 0 spiro atoms.